The maximum Gasteiger partial charge on any atom is 0.117 e. The Morgan fingerprint density at radius 1 is 1.44 bits per heavy atom. The molecule has 0 bridgehead atoms. The van der Waals surface area contributed by atoms with Crippen LogP contribution in [0.1, 0.15) is 33.0 Å². The molecule has 1 aromatic rings. The zero-order chi connectivity index (χ0) is 12.0. The molecule has 0 aliphatic heterocycles. The SMILES string of the molecule is CCN(Cc1ccco1)C(CN)CC(C)C. The van der Waals surface area contributed by atoms with Crippen molar-refractivity contribution in [3.8, 4) is 0 Å². The van der Waals surface area contributed by atoms with Crippen LogP contribution in [0.15, 0.2) is 22.8 Å². The molecule has 0 aliphatic rings. The second-order valence-electron chi connectivity index (χ2n) is 4.66. The average molecular weight is 224 g/mol. The quantitative estimate of drug-likeness (QED) is 0.773. The van der Waals surface area contributed by atoms with E-state index in [4.69, 9.17) is 10.2 Å². The Hall–Kier alpha value is -0.800. The maximum absolute atomic E-state index is 5.85. The molecule has 1 atom stereocenters. The molecule has 0 radical (unpaired) electrons. The summed E-state index contributed by atoms with van der Waals surface area (Å²) in [4.78, 5) is 2.39. The summed E-state index contributed by atoms with van der Waals surface area (Å²) in [5.74, 6) is 1.70. The Labute approximate surface area is 98.6 Å². The van der Waals surface area contributed by atoms with Gasteiger partial charge in [-0.15, -0.1) is 0 Å². The fourth-order valence-electron chi connectivity index (χ4n) is 2.04. The van der Waals surface area contributed by atoms with Gasteiger partial charge in [0.2, 0.25) is 0 Å². The maximum atomic E-state index is 5.85. The van der Waals surface area contributed by atoms with Crippen LogP contribution in [0.25, 0.3) is 0 Å². The van der Waals surface area contributed by atoms with E-state index in [1.807, 2.05) is 12.1 Å². The van der Waals surface area contributed by atoms with Crippen molar-refractivity contribution in [3.63, 3.8) is 0 Å². The monoisotopic (exact) mass is 224 g/mol. The second kappa shape index (κ2) is 6.71. The van der Waals surface area contributed by atoms with Gasteiger partial charge in [0.1, 0.15) is 5.76 Å². The molecule has 92 valence electrons. The van der Waals surface area contributed by atoms with Crippen LogP contribution in [0.4, 0.5) is 0 Å². The third-order valence-electron chi connectivity index (χ3n) is 2.88. The number of likely N-dealkylation sites (N-methyl/N-ethyl adjacent to an activating group) is 1. The van der Waals surface area contributed by atoms with Gasteiger partial charge in [0.05, 0.1) is 12.8 Å². The summed E-state index contributed by atoms with van der Waals surface area (Å²) in [6.45, 7) is 9.23. The standard InChI is InChI=1S/C13H24N2O/c1-4-15(10-13-6-5-7-16-13)12(9-14)8-11(2)3/h5-7,11-12H,4,8-10,14H2,1-3H3. The summed E-state index contributed by atoms with van der Waals surface area (Å²) < 4.78 is 5.38. The average Bonchev–Trinajstić information content (AvgIpc) is 2.75. The minimum absolute atomic E-state index is 0.454. The first-order valence-electron chi connectivity index (χ1n) is 6.13. The largest absolute Gasteiger partial charge is 0.468 e. The molecular formula is C13H24N2O. The third kappa shape index (κ3) is 3.99. The van der Waals surface area contributed by atoms with Gasteiger partial charge in [-0.2, -0.15) is 0 Å². The van der Waals surface area contributed by atoms with E-state index in [1.54, 1.807) is 6.26 Å². The van der Waals surface area contributed by atoms with E-state index in [0.29, 0.717) is 18.5 Å². The molecule has 0 aliphatic carbocycles. The lowest BCUT2D eigenvalue weighted by Crippen LogP contribution is -2.40. The van der Waals surface area contributed by atoms with Crippen LogP contribution in [-0.4, -0.2) is 24.0 Å². The van der Waals surface area contributed by atoms with E-state index in [9.17, 15) is 0 Å². The summed E-state index contributed by atoms with van der Waals surface area (Å²) in [5.41, 5.74) is 5.85. The highest BCUT2D eigenvalue weighted by atomic mass is 16.3. The molecule has 1 heterocycles. The fraction of sp³-hybridized carbons (Fsp3) is 0.692. The van der Waals surface area contributed by atoms with Gasteiger partial charge < -0.3 is 10.2 Å². The number of furan rings is 1. The fourth-order valence-corrected chi connectivity index (χ4v) is 2.04. The lowest BCUT2D eigenvalue weighted by Gasteiger charge is -2.30. The Kier molecular flexibility index (Phi) is 5.56. The first-order valence-corrected chi connectivity index (χ1v) is 6.13. The van der Waals surface area contributed by atoms with Crippen molar-refractivity contribution < 1.29 is 4.42 Å². The van der Waals surface area contributed by atoms with Gasteiger partial charge in [0, 0.05) is 12.6 Å². The predicted octanol–water partition coefficient (Wildman–Crippen LogP) is 2.47. The summed E-state index contributed by atoms with van der Waals surface area (Å²) in [6.07, 6.45) is 2.87. The minimum Gasteiger partial charge on any atom is -0.468 e. The molecular weight excluding hydrogens is 200 g/mol. The molecule has 0 aromatic carbocycles. The van der Waals surface area contributed by atoms with Crippen molar-refractivity contribution in [1.82, 2.24) is 4.90 Å². The topological polar surface area (TPSA) is 42.4 Å². The van der Waals surface area contributed by atoms with Crippen molar-refractivity contribution in [3.05, 3.63) is 24.2 Å². The molecule has 1 unspecified atom stereocenters. The summed E-state index contributed by atoms with van der Waals surface area (Å²) in [6, 6.07) is 4.41. The van der Waals surface area contributed by atoms with Gasteiger partial charge in [0.15, 0.2) is 0 Å². The van der Waals surface area contributed by atoms with Crippen LogP contribution in [-0.2, 0) is 6.54 Å². The number of nitrogens with zero attached hydrogens (tertiary/aromatic N) is 1. The third-order valence-corrected chi connectivity index (χ3v) is 2.88. The molecule has 0 saturated heterocycles. The van der Waals surface area contributed by atoms with Gasteiger partial charge in [-0.3, -0.25) is 4.90 Å². The predicted molar refractivity (Wildman–Crippen MR) is 67.1 cm³/mol. The zero-order valence-corrected chi connectivity index (χ0v) is 10.6. The molecule has 0 fully saturated rings. The van der Waals surface area contributed by atoms with E-state index in [2.05, 4.69) is 25.7 Å². The van der Waals surface area contributed by atoms with Crippen LogP contribution >= 0.6 is 0 Å². The zero-order valence-electron chi connectivity index (χ0n) is 10.6. The molecule has 3 nitrogen and oxygen atoms in total. The molecule has 16 heavy (non-hydrogen) atoms. The van der Waals surface area contributed by atoms with Gasteiger partial charge >= 0.3 is 0 Å². The Morgan fingerprint density at radius 2 is 2.19 bits per heavy atom. The van der Waals surface area contributed by atoms with Gasteiger partial charge in [0.25, 0.3) is 0 Å². The van der Waals surface area contributed by atoms with Crippen molar-refractivity contribution in [2.45, 2.75) is 39.8 Å². The molecule has 0 spiro atoms. The van der Waals surface area contributed by atoms with E-state index in [0.717, 1.165) is 25.3 Å². The Morgan fingerprint density at radius 3 is 2.62 bits per heavy atom. The van der Waals surface area contributed by atoms with Crippen LogP contribution < -0.4 is 5.73 Å². The first kappa shape index (κ1) is 13.3. The van der Waals surface area contributed by atoms with Gasteiger partial charge in [-0.1, -0.05) is 20.8 Å². The van der Waals surface area contributed by atoms with Gasteiger partial charge in [-0.05, 0) is 31.0 Å². The van der Waals surface area contributed by atoms with Crippen LogP contribution in [0, 0.1) is 5.92 Å². The molecule has 3 heteroatoms. The Bertz CT molecular complexity index is 269. The first-order chi connectivity index (χ1) is 7.67. The summed E-state index contributed by atoms with van der Waals surface area (Å²) in [5, 5.41) is 0. The van der Waals surface area contributed by atoms with Crippen LogP contribution in [0.2, 0.25) is 0 Å². The van der Waals surface area contributed by atoms with Crippen molar-refractivity contribution in [2.24, 2.45) is 11.7 Å². The van der Waals surface area contributed by atoms with Crippen LogP contribution in [0.5, 0.6) is 0 Å². The van der Waals surface area contributed by atoms with E-state index < -0.39 is 0 Å². The number of hydrogen-bond acceptors (Lipinski definition) is 3. The highest BCUT2D eigenvalue weighted by molar-refractivity contribution is 4.98. The molecule has 0 amide bonds. The van der Waals surface area contributed by atoms with Gasteiger partial charge in [-0.25, -0.2) is 0 Å². The van der Waals surface area contributed by atoms with Crippen LogP contribution in [0.3, 0.4) is 0 Å². The van der Waals surface area contributed by atoms with E-state index in [-0.39, 0.29) is 0 Å². The normalized spacial score (nSPS) is 13.6. The minimum atomic E-state index is 0.454. The molecule has 0 saturated carbocycles. The summed E-state index contributed by atoms with van der Waals surface area (Å²) in [7, 11) is 0. The van der Waals surface area contributed by atoms with Crippen molar-refractivity contribution >= 4 is 0 Å². The molecule has 1 aromatic heterocycles. The molecule has 2 N–H and O–H groups in total. The van der Waals surface area contributed by atoms with E-state index >= 15 is 0 Å². The van der Waals surface area contributed by atoms with Crippen molar-refractivity contribution in [2.75, 3.05) is 13.1 Å². The number of hydrogen-bond donors (Lipinski definition) is 1. The lowest BCUT2D eigenvalue weighted by atomic mass is 10.0. The number of nitrogens with two attached hydrogens (primary N) is 1. The molecule has 1 rings (SSSR count). The summed E-state index contributed by atoms with van der Waals surface area (Å²) >= 11 is 0. The smallest absolute Gasteiger partial charge is 0.117 e. The second-order valence-corrected chi connectivity index (χ2v) is 4.66. The number of rotatable bonds is 7. The highest BCUT2D eigenvalue weighted by Crippen LogP contribution is 2.14. The lowest BCUT2D eigenvalue weighted by molar-refractivity contribution is 0.166. The highest BCUT2D eigenvalue weighted by Gasteiger charge is 2.17. The van der Waals surface area contributed by atoms with Crippen molar-refractivity contribution in [1.29, 1.82) is 0 Å². The van der Waals surface area contributed by atoms with E-state index in [1.165, 1.54) is 0 Å². The Balaban J connectivity index is 2.56.